The molecule has 0 radical (unpaired) electrons. The number of rotatable bonds is 10. The largest absolute Gasteiger partial charge is 0.379 e. The monoisotopic (exact) mass is 242 g/mol. The van der Waals surface area contributed by atoms with Crippen LogP contribution in [0.2, 0.25) is 0 Å². The Kier molecular flexibility index (Phi) is 9.06. The van der Waals surface area contributed by atoms with Crippen LogP contribution < -0.4 is 5.32 Å². The van der Waals surface area contributed by atoms with Gasteiger partial charge in [-0.1, -0.05) is 6.92 Å². The molecule has 100 valence electrons. The summed E-state index contributed by atoms with van der Waals surface area (Å²) in [5.41, 5.74) is -0.502. The molecule has 0 aliphatic heterocycles. The minimum atomic E-state index is -0.502. The summed E-state index contributed by atoms with van der Waals surface area (Å²) in [6.07, 6.45) is 1.72. The highest BCUT2D eigenvalue weighted by atomic mass is 16.5. The van der Waals surface area contributed by atoms with E-state index in [-0.39, 0.29) is 0 Å². The fourth-order valence-corrected chi connectivity index (χ4v) is 1.54. The summed E-state index contributed by atoms with van der Waals surface area (Å²) in [5.74, 6) is 0. The Labute approximate surface area is 105 Å². The lowest BCUT2D eigenvalue weighted by Crippen LogP contribution is -2.45. The minimum absolute atomic E-state index is 0.299. The average Bonchev–Trinajstić information content (AvgIpc) is 2.27. The van der Waals surface area contributed by atoms with E-state index in [1.165, 1.54) is 0 Å². The van der Waals surface area contributed by atoms with Crippen molar-refractivity contribution in [3.63, 3.8) is 0 Å². The minimum Gasteiger partial charge on any atom is -0.379 e. The molecule has 0 amide bonds. The molecule has 0 aliphatic carbocycles. The Bertz CT molecular complexity index is 226. The summed E-state index contributed by atoms with van der Waals surface area (Å²) >= 11 is 0. The Hall–Kier alpha value is -0.630. The molecule has 4 heteroatoms. The van der Waals surface area contributed by atoms with Gasteiger partial charge < -0.3 is 9.47 Å². The summed E-state index contributed by atoms with van der Waals surface area (Å²) in [6, 6.07) is 2.60. The van der Waals surface area contributed by atoms with E-state index in [4.69, 9.17) is 14.7 Å². The van der Waals surface area contributed by atoms with Gasteiger partial charge in [-0.3, -0.25) is 5.32 Å². The maximum atomic E-state index is 9.11. The van der Waals surface area contributed by atoms with E-state index in [1.807, 2.05) is 20.8 Å². The zero-order chi connectivity index (χ0) is 13.1. The molecule has 0 aromatic rings. The third-order valence-corrected chi connectivity index (χ3v) is 2.32. The number of ether oxygens (including phenoxy) is 2. The molecule has 0 aromatic carbocycles. The highest BCUT2D eigenvalue weighted by Gasteiger charge is 2.23. The van der Waals surface area contributed by atoms with Crippen LogP contribution in [0.4, 0.5) is 0 Å². The van der Waals surface area contributed by atoms with Crippen LogP contribution in [0.25, 0.3) is 0 Å². The van der Waals surface area contributed by atoms with E-state index in [2.05, 4.69) is 18.3 Å². The molecule has 1 N–H and O–H groups in total. The van der Waals surface area contributed by atoms with Gasteiger partial charge in [0.05, 0.1) is 19.3 Å². The second-order valence-corrected chi connectivity index (χ2v) is 4.72. The van der Waals surface area contributed by atoms with Crippen LogP contribution in [0, 0.1) is 11.3 Å². The Balaban J connectivity index is 3.60. The van der Waals surface area contributed by atoms with Gasteiger partial charge in [-0.15, -0.1) is 0 Å². The lowest BCUT2D eigenvalue weighted by molar-refractivity contribution is 0.0423. The second-order valence-electron chi connectivity index (χ2n) is 4.72. The maximum absolute atomic E-state index is 9.11. The molecule has 0 bridgehead atoms. The third-order valence-electron chi connectivity index (χ3n) is 2.32. The molecule has 0 fully saturated rings. The van der Waals surface area contributed by atoms with Crippen molar-refractivity contribution in [2.24, 2.45) is 0 Å². The first kappa shape index (κ1) is 16.4. The number of hydrogen-bond acceptors (Lipinski definition) is 4. The average molecular weight is 242 g/mol. The first-order valence-corrected chi connectivity index (χ1v) is 6.38. The van der Waals surface area contributed by atoms with E-state index in [9.17, 15) is 0 Å². The van der Waals surface area contributed by atoms with Gasteiger partial charge in [-0.05, 0) is 27.2 Å². The highest BCUT2D eigenvalue weighted by molar-refractivity contribution is 5.04. The number of nitrogens with zero attached hydrogens (tertiary/aromatic N) is 1. The summed E-state index contributed by atoms with van der Waals surface area (Å²) in [7, 11) is 0. The van der Waals surface area contributed by atoms with Gasteiger partial charge in [-0.2, -0.15) is 5.26 Å². The van der Waals surface area contributed by atoms with Crippen LogP contribution in [-0.2, 0) is 9.47 Å². The van der Waals surface area contributed by atoms with Crippen molar-refractivity contribution in [1.82, 2.24) is 5.32 Å². The predicted octanol–water partition coefficient (Wildman–Crippen LogP) is 2.10. The van der Waals surface area contributed by atoms with Crippen molar-refractivity contribution >= 4 is 0 Å². The number of hydrogen-bond donors (Lipinski definition) is 1. The summed E-state index contributed by atoms with van der Waals surface area (Å²) < 4.78 is 10.7. The molecule has 0 spiro atoms. The first-order valence-electron chi connectivity index (χ1n) is 6.38. The molecular formula is C13H26N2O2. The SMILES string of the molecule is CCCOCCOCCC(C)(C#N)NC(C)C. The van der Waals surface area contributed by atoms with Gasteiger partial charge in [0, 0.05) is 25.7 Å². The van der Waals surface area contributed by atoms with Crippen LogP contribution in [0.15, 0.2) is 0 Å². The van der Waals surface area contributed by atoms with Crippen molar-refractivity contribution in [2.75, 3.05) is 26.4 Å². The van der Waals surface area contributed by atoms with Gasteiger partial charge in [0.2, 0.25) is 0 Å². The first-order chi connectivity index (χ1) is 8.04. The van der Waals surface area contributed by atoms with Crippen LogP contribution in [0.3, 0.4) is 0 Å². The van der Waals surface area contributed by atoms with Gasteiger partial charge in [-0.25, -0.2) is 0 Å². The maximum Gasteiger partial charge on any atom is 0.106 e. The molecule has 4 nitrogen and oxygen atoms in total. The van der Waals surface area contributed by atoms with E-state index in [0.29, 0.717) is 32.3 Å². The fraction of sp³-hybridized carbons (Fsp3) is 0.923. The molecular weight excluding hydrogens is 216 g/mol. The molecule has 17 heavy (non-hydrogen) atoms. The lowest BCUT2D eigenvalue weighted by Gasteiger charge is -2.25. The standard InChI is InChI=1S/C13H26N2O2/c1-5-7-16-9-10-17-8-6-13(4,11-14)15-12(2)3/h12,15H,5-10H2,1-4H3. The number of nitriles is 1. The van der Waals surface area contributed by atoms with Crippen molar-refractivity contribution < 1.29 is 9.47 Å². The van der Waals surface area contributed by atoms with Gasteiger partial charge in [0.1, 0.15) is 5.54 Å². The van der Waals surface area contributed by atoms with Crippen LogP contribution in [0.5, 0.6) is 0 Å². The fourth-order valence-electron chi connectivity index (χ4n) is 1.54. The van der Waals surface area contributed by atoms with Gasteiger partial charge >= 0.3 is 0 Å². The summed E-state index contributed by atoms with van der Waals surface area (Å²) in [6.45, 7) is 10.7. The van der Waals surface area contributed by atoms with Crippen molar-refractivity contribution in [3.05, 3.63) is 0 Å². The van der Waals surface area contributed by atoms with Crippen molar-refractivity contribution in [2.45, 2.75) is 52.1 Å². The van der Waals surface area contributed by atoms with Crippen molar-refractivity contribution in [3.8, 4) is 6.07 Å². The van der Waals surface area contributed by atoms with E-state index in [0.717, 1.165) is 13.0 Å². The van der Waals surface area contributed by atoms with E-state index in [1.54, 1.807) is 0 Å². The van der Waals surface area contributed by atoms with Crippen molar-refractivity contribution in [1.29, 1.82) is 5.26 Å². The second kappa shape index (κ2) is 9.41. The Morgan fingerprint density at radius 1 is 1.18 bits per heavy atom. The van der Waals surface area contributed by atoms with Crippen LogP contribution >= 0.6 is 0 Å². The third kappa shape index (κ3) is 9.11. The molecule has 0 aliphatic rings. The van der Waals surface area contributed by atoms with Crippen LogP contribution in [-0.4, -0.2) is 38.0 Å². The van der Waals surface area contributed by atoms with E-state index >= 15 is 0 Å². The molecule has 0 saturated heterocycles. The molecule has 0 rings (SSSR count). The Morgan fingerprint density at radius 2 is 1.76 bits per heavy atom. The quantitative estimate of drug-likeness (QED) is 0.596. The zero-order valence-electron chi connectivity index (χ0n) is 11.6. The molecule has 1 unspecified atom stereocenters. The highest BCUT2D eigenvalue weighted by Crippen LogP contribution is 2.09. The molecule has 0 aromatic heterocycles. The lowest BCUT2D eigenvalue weighted by atomic mass is 9.99. The molecule has 1 atom stereocenters. The molecule has 0 heterocycles. The smallest absolute Gasteiger partial charge is 0.106 e. The van der Waals surface area contributed by atoms with Gasteiger partial charge in [0.15, 0.2) is 0 Å². The van der Waals surface area contributed by atoms with E-state index < -0.39 is 5.54 Å². The topological polar surface area (TPSA) is 54.3 Å². The summed E-state index contributed by atoms with van der Waals surface area (Å²) in [4.78, 5) is 0. The van der Waals surface area contributed by atoms with Gasteiger partial charge in [0.25, 0.3) is 0 Å². The normalized spacial score (nSPS) is 14.6. The Morgan fingerprint density at radius 3 is 2.24 bits per heavy atom. The predicted molar refractivity (Wildman–Crippen MR) is 68.8 cm³/mol. The zero-order valence-corrected chi connectivity index (χ0v) is 11.6. The summed E-state index contributed by atoms with van der Waals surface area (Å²) in [5, 5.41) is 12.4. The number of nitrogens with one attached hydrogen (secondary N) is 1. The van der Waals surface area contributed by atoms with Crippen LogP contribution in [0.1, 0.15) is 40.5 Å². The molecule has 0 saturated carbocycles.